The second-order valence-corrected chi connectivity index (χ2v) is 5.34. The molecule has 0 atom stereocenters. The summed E-state index contributed by atoms with van der Waals surface area (Å²) < 4.78 is 15.4. The van der Waals surface area contributed by atoms with E-state index >= 15 is 0 Å². The van der Waals surface area contributed by atoms with E-state index < -0.39 is 5.97 Å². The first kappa shape index (κ1) is 16.6. The Bertz CT molecular complexity index is 863. The lowest BCUT2D eigenvalue weighted by atomic mass is 10.0. The first-order valence-corrected chi connectivity index (χ1v) is 7.55. The summed E-state index contributed by atoms with van der Waals surface area (Å²) in [6.45, 7) is 0. The molecule has 1 aliphatic rings. The number of rotatable bonds is 4. The number of esters is 1. The van der Waals surface area contributed by atoms with E-state index in [9.17, 15) is 9.59 Å². The Morgan fingerprint density at radius 3 is 2.32 bits per heavy atom. The van der Waals surface area contributed by atoms with Crippen LogP contribution >= 0.6 is 0 Å². The smallest absolute Gasteiger partial charge is 0.337 e. The third-order valence-electron chi connectivity index (χ3n) is 3.98. The second-order valence-electron chi connectivity index (χ2n) is 5.34. The van der Waals surface area contributed by atoms with Crippen LogP contribution in [0.4, 0.5) is 5.69 Å². The molecule has 0 aromatic heterocycles. The van der Waals surface area contributed by atoms with Crippen molar-refractivity contribution >= 4 is 29.2 Å². The quantitative estimate of drug-likeness (QED) is 0.685. The molecule has 1 aliphatic heterocycles. The lowest BCUT2D eigenvalue weighted by molar-refractivity contribution is -0.110. The Morgan fingerprint density at radius 2 is 1.72 bits per heavy atom. The highest BCUT2D eigenvalue weighted by Crippen LogP contribution is 2.37. The molecule has 2 aromatic rings. The van der Waals surface area contributed by atoms with Crippen molar-refractivity contribution in [3.05, 3.63) is 53.1 Å². The van der Waals surface area contributed by atoms with Crippen LogP contribution in [-0.2, 0) is 9.53 Å². The Morgan fingerprint density at radius 1 is 1.04 bits per heavy atom. The number of carbonyl (C=O) groups is 2. The number of benzene rings is 2. The molecule has 6 heteroatoms. The number of nitrogens with one attached hydrogen (secondary N) is 1. The van der Waals surface area contributed by atoms with Crippen molar-refractivity contribution in [2.45, 2.75) is 0 Å². The predicted octanol–water partition coefficient (Wildman–Crippen LogP) is 2.98. The molecule has 0 radical (unpaired) electrons. The largest absolute Gasteiger partial charge is 0.496 e. The van der Waals surface area contributed by atoms with Crippen molar-refractivity contribution < 1.29 is 23.8 Å². The number of fused-ring (bicyclic) bond motifs is 1. The maximum absolute atomic E-state index is 12.4. The summed E-state index contributed by atoms with van der Waals surface area (Å²) in [4.78, 5) is 24.1. The highest BCUT2D eigenvalue weighted by Gasteiger charge is 2.26. The lowest BCUT2D eigenvalue weighted by Crippen LogP contribution is -2.04. The molecule has 1 N–H and O–H groups in total. The van der Waals surface area contributed by atoms with Gasteiger partial charge in [0.25, 0.3) is 5.91 Å². The van der Waals surface area contributed by atoms with E-state index in [0.717, 1.165) is 0 Å². The average Bonchev–Trinajstić information content (AvgIpc) is 2.95. The lowest BCUT2D eigenvalue weighted by Gasteiger charge is -2.10. The first-order chi connectivity index (χ1) is 12.1. The molecule has 0 spiro atoms. The summed E-state index contributed by atoms with van der Waals surface area (Å²) in [6.07, 6.45) is 1.72. The van der Waals surface area contributed by atoms with E-state index in [4.69, 9.17) is 14.2 Å². The van der Waals surface area contributed by atoms with Crippen molar-refractivity contribution in [1.29, 1.82) is 0 Å². The Kier molecular flexibility index (Phi) is 4.43. The molecule has 6 nitrogen and oxygen atoms in total. The molecule has 0 fully saturated rings. The Labute approximate surface area is 145 Å². The summed E-state index contributed by atoms with van der Waals surface area (Å²) in [7, 11) is 4.43. The molecular formula is C19H17NO5. The van der Waals surface area contributed by atoms with Gasteiger partial charge in [0.15, 0.2) is 0 Å². The fraction of sp³-hybridized carbons (Fsp3) is 0.158. The van der Waals surface area contributed by atoms with Gasteiger partial charge in [0.1, 0.15) is 11.5 Å². The number of amides is 1. The highest BCUT2D eigenvalue weighted by molar-refractivity contribution is 6.35. The van der Waals surface area contributed by atoms with Crippen LogP contribution in [0, 0.1) is 0 Å². The molecule has 25 heavy (non-hydrogen) atoms. The normalized spacial score (nSPS) is 14.0. The summed E-state index contributed by atoms with van der Waals surface area (Å²) in [5.41, 5.74) is 2.77. The molecule has 2 aromatic carbocycles. The van der Waals surface area contributed by atoms with Crippen molar-refractivity contribution in [1.82, 2.24) is 0 Å². The topological polar surface area (TPSA) is 73.9 Å². The van der Waals surface area contributed by atoms with Crippen molar-refractivity contribution in [3.8, 4) is 11.5 Å². The molecule has 128 valence electrons. The summed E-state index contributed by atoms with van der Waals surface area (Å²) >= 11 is 0. The van der Waals surface area contributed by atoms with Crippen LogP contribution in [-0.4, -0.2) is 33.2 Å². The summed E-state index contributed by atoms with van der Waals surface area (Å²) in [5, 5.41) is 2.77. The fourth-order valence-corrected chi connectivity index (χ4v) is 2.75. The summed E-state index contributed by atoms with van der Waals surface area (Å²) in [6, 6.07) is 10.3. The molecule has 0 unspecified atom stereocenters. The van der Waals surface area contributed by atoms with Gasteiger partial charge in [0.05, 0.1) is 32.5 Å². The molecule has 0 saturated heterocycles. The highest BCUT2D eigenvalue weighted by atomic mass is 16.5. The third-order valence-corrected chi connectivity index (χ3v) is 3.98. The number of ether oxygens (including phenoxy) is 3. The van der Waals surface area contributed by atoms with Crippen molar-refractivity contribution in [2.24, 2.45) is 0 Å². The monoisotopic (exact) mass is 339 g/mol. The average molecular weight is 339 g/mol. The SMILES string of the molecule is COC(=O)c1ccc2c(c1)NC(=O)/C2=C\c1c(OC)cccc1OC. The summed E-state index contributed by atoms with van der Waals surface area (Å²) in [5.74, 6) is 0.476. The number of methoxy groups -OCH3 is 3. The van der Waals surface area contributed by atoms with Crippen LogP contribution < -0.4 is 14.8 Å². The third kappa shape index (κ3) is 2.94. The minimum absolute atomic E-state index is 0.259. The number of hydrogen-bond donors (Lipinski definition) is 1. The van der Waals surface area contributed by atoms with Crippen LogP contribution in [0.15, 0.2) is 36.4 Å². The maximum Gasteiger partial charge on any atom is 0.337 e. The predicted molar refractivity (Wildman–Crippen MR) is 93.8 cm³/mol. The van der Waals surface area contributed by atoms with Gasteiger partial charge in [-0.2, -0.15) is 0 Å². The molecule has 0 bridgehead atoms. The van der Waals surface area contributed by atoms with E-state index in [-0.39, 0.29) is 5.91 Å². The van der Waals surface area contributed by atoms with Crippen LogP contribution in [0.25, 0.3) is 11.6 Å². The van der Waals surface area contributed by atoms with E-state index in [1.807, 2.05) is 6.07 Å². The van der Waals surface area contributed by atoms with Gasteiger partial charge in [-0.1, -0.05) is 12.1 Å². The zero-order valence-electron chi connectivity index (χ0n) is 14.1. The zero-order chi connectivity index (χ0) is 18.0. The zero-order valence-corrected chi connectivity index (χ0v) is 14.1. The fourth-order valence-electron chi connectivity index (χ4n) is 2.75. The molecule has 1 amide bonds. The number of carbonyl (C=O) groups excluding carboxylic acids is 2. The van der Waals surface area contributed by atoms with Gasteiger partial charge < -0.3 is 19.5 Å². The van der Waals surface area contributed by atoms with Gasteiger partial charge in [0.2, 0.25) is 0 Å². The standard InChI is InChI=1S/C19H17NO5/c1-23-16-5-4-6-17(24-2)14(16)10-13-12-8-7-11(19(22)25-3)9-15(12)20-18(13)21/h4-10H,1-3H3,(H,20,21)/b13-10-. The Balaban J connectivity index is 2.11. The number of hydrogen-bond acceptors (Lipinski definition) is 5. The Hall–Kier alpha value is -3.28. The minimum atomic E-state index is -0.458. The second kappa shape index (κ2) is 6.68. The van der Waals surface area contributed by atoms with Gasteiger partial charge in [-0.05, 0) is 30.3 Å². The van der Waals surface area contributed by atoms with Gasteiger partial charge in [-0.15, -0.1) is 0 Å². The van der Waals surface area contributed by atoms with Crippen LogP contribution in [0.3, 0.4) is 0 Å². The van der Waals surface area contributed by atoms with Crippen molar-refractivity contribution in [3.63, 3.8) is 0 Å². The van der Waals surface area contributed by atoms with Gasteiger partial charge in [-0.25, -0.2) is 4.79 Å². The first-order valence-electron chi connectivity index (χ1n) is 7.55. The molecule has 1 heterocycles. The maximum atomic E-state index is 12.4. The van der Waals surface area contributed by atoms with Gasteiger partial charge in [0, 0.05) is 16.8 Å². The van der Waals surface area contributed by atoms with Gasteiger partial charge >= 0.3 is 5.97 Å². The molecule has 0 saturated carbocycles. The van der Waals surface area contributed by atoms with Crippen LogP contribution in [0.5, 0.6) is 11.5 Å². The van der Waals surface area contributed by atoms with Crippen LogP contribution in [0.2, 0.25) is 0 Å². The van der Waals surface area contributed by atoms with Crippen molar-refractivity contribution in [2.75, 3.05) is 26.6 Å². The van der Waals surface area contributed by atoms with Crippen LogP contribution in [0.1, 0.15) is 21.5 Å². The van der Waals surface area contributed by atoms with E-state index in [2.05, 4.69) is 5.32 Å². The minimum Gasteiger partial charge on any atom is -0.496 e. The molecule has 3 rings (SSSR count). The van der Waals surface area contributed by atoms with E-state index in [1.165, 1.54) is 7.11 Å². The van der Waals surface area contributed by atoms with E-state index in [0.29, 0.717) is 39.4 Å². The van der Waals surface area contributed by atoms with E-state index in [1.54, 1.807) is 50.6 Å². The number of anilines is 1. The van der Waals surface area contributed by atoms with Gasteiger partial charge in [-0.3, -0.25) is 4.79 Å². The molecular weight excluding hydrogens is 322 g/mol. The molecule has 0 aliphatic carbocycles.